The van der Waals surface area contributed by atoms with Crippen LogP contribution in [0.4, 0.5) is 0 Å². The lowest BCUT2D eigenvalue weighted by Crippen LogP contribution is -2.31. The Morgan fingerprint density at radius 1 is 0.808 bits per heavy atom. The normalized spacial score (nSPS) is 11.4. The number of benzene rings is 4. The number of unbranched alkanes of at least 4 members (excludes halogenated alkanes) is 2. The van der Waals surface area contributed by atoms with E-state index in [2.05, 4.69) is 22.1 Å². The Bertz CT molecular complexity index is 2250. The van der Waals surface area contributed by atoms with Crippen LogP contribution in [0.2, 0.25) is 10.0 Å². The van der Waals surface area contributed by atoms with Crippen molar-refractivity contribution in [1.29, 1.82) is 0 Å². The van der Waals surface area contributed by atoms with E-state index in [9.17, 15) is 22.8 Å². The van der Waals surface area contributed by atoms with Gasteiger partial charge in [0.25, 0.3) is 21.8 Å². The van der Waals surface area contributed by atoms with Gasteiger partial charge in [-0.15, -0.1) is 5.10 Å². The Morgan fingerprint density at radius 3 is 2.19 bits per heavy atom. The molecule has 0 saturated carbocycles. The number of carbonyl (C=O) groups is 2. The van der Waals surface area contributed by atoms with E-state index in [-0.39, 0.29) is 38.5 Å². The zero-order valence-corrected chi connectivity index (χ0v) is 31.6. The maximum atomic E-state index is 13.9. The van der Waals surface area contributed by atoms with Gasteiger partial charge in [-0.1, -0.05) is 105 Å². The highest BCUT2D eigenvalue weighted by atomic mass is 35.5. The number of nitrogens with one attached hydrogen (secondary N) is 2. The lowest BCUT2D eigenvalue weighted by molar-refractivity contribution is 0.0951. The minimum Gasteiger partial charge on any atom is -0.352 e. The van der Waals surface area contributed by atoms with Crippen molar-refractivity contribution >= 4 is 45.0 Å². The third-order valence-corrected chi connectivity index (χ3v) is 10.8. The standard InChI is InChI=1S/C39H41Cl2N5O5S/c1-4-7-16-35-43-46(33-15-11-13-30(36(33)41)37(47)42-23-8-5-2)39(49)45(35)25-27-17-20-28(21-18-27)31-24-26(6-3)19-22-34(31)52(50,51)44-38(48)29-12-9-10-14-32(29)40/h9-15,17-22,24H,4-8,16,23,25H2,1-3H3,(H,42,47)(H,44,48). The van der Waals surface area contributed by atoms with Gasteiger partial charge >= 0.3 is 5.69 Å². The molecule has 0 bridgehead atoms. The molecule has 10 nitrogen and oxygen atoms in total. The molecule has 0 fully saturated rings. The molecule has 0 aliphatic heterocycles. The number of aryl methyl sites for hydroxylation is 2. The van der Waals surface area contributed by atoms with Gasteiger partial charge in [0.05, 0.1) is 38.3 Å². The Kier molecular flexibility index (Phi) is 12.7. The zero-order chi connectivity index (χ0) is 37.4. The largest absolute Gasteiger partial charge is 0.352 e. The van der Waals surface area contributed by atoms with E-state index in [0.717, 1.165) is 36.8 Å². The fourth-order valence-corrected chi connectivity index (χ4v) is 7.40. The van der Waals surface area contributed by atoms with Crippen molar-refractivity contribution in [2.24, 2.45) is 0 Å². The van der Waals surface area contributed by atoms with Gasteiger partial charge in [0, 0.05) is 18.5 Å². The molecule has 0 saturated heterocycles. The lowest BCUT2D eigenvalue weighted by atomic mass is 10.0. The molecular weight excluding hydrogens is 721 g/mol. The molecule has 13 heteroatoms. The monoisotopic (exact) mass is 761 g/mol. The molecule has 0 radical (unpaired) electrons. The summed E-state index contributed by atoms with van der Waals surface area (Å²) in [5, 5.41) is 7.81. The Balaban J connectivity index is 1.46. The molecule has 0 atom stereocenters. The molecule has 1 aromatic heterocycles. The number of halogens is 2. The van der Waals surface area contributed by atoms with Crippen molar-refractivity contribution in [2.45, 2.75) is 70.7 Å². The highest BCUT2D eigenvalue weighted by Gasteiger charge is 2.25. The molecule has 0 aliphatic rings. The van der Waals surface area contributed by atoms with Crippen LogP contribution in [0.1, 0.15) is 84.1 Å². The van der Waals surface area contributed by atoms with Gasteiger partial charge in [0.1, 0.15) is 5.82 Å². The SMILES string of the molecule is CCCCNC(=O)c1cccc(-n2nc(CCCC)n(Cc3ccc(-c4cc(CC)ccc4S(=O)(=O)NC(=O)c4ccccc4Cl)cc3)c2=O)c1Cl. The third-order valence-electron chi connectivity index (χ3n) is 8.65. The van der Waals surface area contributed by atoms with Crippen LogP contribution in [-0.2, 0) is 29.4 Å². The average molecular weight is 763 g/mol. The molecule has 2 amide bonds. The molecule has 5 rings (SSSR count). The van der Waals surface area contributed by atoms with E-state index in [4.69, 9.17) is 23.2 Å². The Hall–Kier alpha value is -4.71. The molecule has 272 valence electrons. The smallest absolute Gasteiger partial charge is 0.351 e. The molecular formula is C39H41Cl2N5O5S. The zero-order valence-electron chi connectivity index (χ0n) is 29.3. The van der Waals surface area contributed by atoms with Gasteiger partial charge < -0.3 is 5.32 Å². The van der Waals surface area contributed by atoms with E-state index in [1.807, 2.05) is 26.0 Å². The summed E-state index contributed by atoms with van der Waals surface area (Å²) in [5.74, 6) is -0.579. The summed E-state index contributed by atoms with van der Waals surface area (Å²) in [6.07, 6.45) is 4.69. The summed E-state index contributed by atoms with van der Waals surface area (Å²) in [5.41, 5.74) is 2.94. The highest BCUT2D eigenvalue weighted by Crippen LogP contribution is 2.30. The summed E-state index contributed by atoms with van der Waals surface area (Å²) < 4.78 is 32.2. The summed E-state index contributed by atoms with van der Waals surface area (Å²) >= 11 is 12.9. The molecule has 5 aromatic rings. The minimum absolute atomic E-state index is 0.0450. The molecule has 0 spiro atoms. The van der Waals surface area contributed by atoms with E-state index in [0.29, 0.717) is 42.0 Å². The van der Waals surface area contributed by atoms with E-state index < -0.39 is 21.6 Å². The summed E-state index contributed by atoms with van der Waals surface area (Å²) in [7, 11) is -4.30. The lowest BCUT2D eigenvalue weighted by Gasteiger charge is -2.14. The van der Waals surface area contributed by atoms with Crippen molar-refractivity contribution < 1.29 is 18.0 Å². The quantitative estimate of drug-likeness (QED) is 0.106. The maximum absolute atomic E-state index is 13.9. The van der Waals surface area contributed by atoms with Crippen molar-refractivity contribution in [2.75, 3.05) is 6.54 Å². The summed E-state index contributed by atoms with van der Waals surface area (Å²) in [6, 6.07) is 23.4. The van der Waals surface area contributed by atoms with Gasteiger partial charge in [0.15, 0.2) is 0 Å². The Labute approximate surface area is 313 Å². The van der Waals surface area contributed by atoms with Crippen molar-refractivity contribution in [3.63, 3.8) is 0 Å². The van der Waals surface area contributed by atoms with Gasteiger partial charge in [-0.3, -0.25) is 14.2 Å². The van der Waals surface area contributed by atoms with Gasteiger partial charge in [0.2, 0.25) is 0 Å². The second-order valence-electron chi connectivity index (χ2n) is 12.3. The topological polar surface area (TPSA) is 132 Å². The van der Waals surface area contributed by atoms with Crippen LogP contribution in [0.15, 0.2) is 94.6 Å². The number of nitrogens with zero attached hydrogens (tertiary/aromatic N) is 3. The van der Waals surface area contributed by atoms with Gasteiger partial charge in [-0.2, -0.15) is 4.68 Å². The fraction of sp³-hybridized carbons (Fsp3) is 0.282. The second kappa shape index (κ2) is 17.2. The van der Waals surface area contributed by atoms with Crippen LogP contribution < -0.4 is 15.7 Å². The fourth-order valence-electron chi connectivity index (χ4n) is 5.71. The Morgan fingerprint density at radius 2 is 1.50 bits per heavy atom. The number of rotatable bonds is 15. The number of carbonyl (C=O) groups excluding carboxylic acids is 2. The summed E-state index contributed by atoms with van der Waals surface area (Å²) in [6.45, 7) is 6.77. The molecule has 4 aromatic carbocycles. The average Bonchev–Trinajstić information content (AvgIpc) is 3.44. The molecule has 0 unspecified atom stereocenters. The third kappa shape index (κ3) is 8.66. The number of amides is 2. The first-order valence-electron chi connectivity index (χ1n) is 17.3. The maximum Gasteiger partial charge on any atom is 0.351 e. The number of hydrogen-bond acceptors (Lipinski definition) is 6. The summed E-state index contributed by atoms with van der Waals surface area (Å²) in [4.78, 5) is 39.7. The van der Waals surface area contributed by atoms with E-state index >= 15 is 0 Å². The molecule has 1 heterocycles. The predicted molar refractivity (Wildman–Crippen MR) is 205 cm³/mol. The van der Waals surface area contributed by atoms with Crippen molar-refractivity contribution in [3.8, 4) is 16.8 Å². The van der Waals surface area contributed by atoms with E-state index in [1.165, 1.54) is 22.9 Å². The first-order valence-corrected chi connectivity index (χ1v) is 19.5. The molecule has 2 N–H and O–H groups in total. The van der Waals surface area contributed by atoms with Crippen LogP contribution in [0.3, 0.4) is 0 Å². The van der Waals surface area contributed by atoms with Crippen LogP contribution in [0.25, 0.3) is 16.8 Å². The number of sulfonamides is 1. The first kappa shape index (κ1) is 38.5. The minimum atomic E-state index is -4.30. The van der Waals surface area contributed by atoms with Crippen molar-refractivity contribution in [3.05, 3.63) is 134 Å². The molecule has 52 heavy (non-hydrogen) atoms. The van der Waals surface area contributed by atoms with Crippen LogP contribution in [0, 0.1) is 0 Å². The van der Waals surface area contributed by atoms with E-state index in [1.54, 1.807) is 59.2 Å². The van der Waals surface area contributed by atoms with Gasteiger partial charge in [-0.05, 0) is 72.4 Å². The number of hydrogen-bond donors (Lipinski definition) is 2. The predicted octanol–water partition coefficient (Wildman–Crippen LogP) is 7.61. The second-order valence-corrected chi connectivity index (χ2v) is 14.8. The molecule has 0 aliphatic carbocycles. The van der Waals surface area contributed by atoms with Crippen LogP contribution in [-0.4, -0.2) is 41.1 Å². The van der Waals surface area contributed by atoms with Crippen LogP contribution >= 0.6 is 23.2 Å². The van der Waals surface area contributed by atoms with Crippen molar-refractivity contribution in [1.82, 2.24) is 24.4 Å². The van der Waals surface area contributed by atoms with Gasteiger partial charge in [-0.25, -0.2) is 17.9 Å². The first-order chi connectivity index (χ1) is 25.0. The number of aromatic nitrogens is 3. The highest BCUT2D eigenvalue weighted by molar-refractivity contribution is 7.90. The van der Waals surface area contributed by atoms with Crippen LogP contribution in [0.5, 0.6) is 0 Å².